The Balaban J connectivity index is 2.36. The standard InChI is InChI=1S/C12H17ClN2O/c1-3-6-15-12(11(16-2)8-14-15)9-4-5-10(13)7-9/h7-8,10H,3-6H2,1-2H3. The Morgan fingerprint density at radius 3 is 3.00 bits per heavy atom. The lowest BCUT2D eigenvalue weighted by atomic mass is 10.1. The lowest BCUT2D eigenvalue weighted by molar-refractivity contribution is 0.412. The van der Waals surface area contributed by atoms with Crippen LogP contribution >= 0.6 is 11.6 Å². The van der Waals surface area contributed by atoms with Gasteiger partial charge in [0.05, 0.1) is 18.7 Å². The van der Waals surface area contributed by atoms with E-state index in [1.807, 2.05) is 4.68 Å². The second-order valence-corrected chi connectivity index (χ2v) is 4.59. The molecule has 88 valence electrons. The van der Waals surface area contributed by atoms with Crippen molar-refractivity contribution in [3.8, 4) is 5.75 Å². The van der Waals surface area contributed by atoms with Gasteiger partial charge in [-0.15, -0.1) is 11.6 Å². The first-order valence-electron chi connectivity index (χ1n) is 5.71. The van der Waals surface area contributed by atoms with E-state index in [-0.39, 0.29) is 5.38 Å². The molecule has 4 heteroatoms. The number of halogens is 1. The number of alkyl halides is 1. The van der Waals surface area contributed by atoms with Gasteiger partial charge in [-0.3, -0.25) is 4.68 Å². The predicted octanol–water partition coefficient (Wildman–Crippen LogP) is 3.09. The van der Waals surface area contributed by atoms with Gasteiger partial charge in [0.25, 0.3) is 0 Å². The molecule has 1 atom stereocenters. The quantitative estimate of drug-likeness (QED) is 0.757. The van der Waals surface area contributed by atoms with Crippen LogP contribution in [0.5, 0.6) is 5.75 Å². The second-order valence-electron chi connectivity index (χ2n) is 4.03. The van der Waals surface area contributed by atoms with Crippen molar-refractivity contribution in [3.05, 3.63) is 18.0 Å². The van der Waals surface area contributed by atoms with E-state index in [0.717, 1.165) is 37.3 Å². The fraction of sp³-hybridized carbons (Fsp3) is 0.583. The summed E-state index contributed by atoms with van der Waals surface area (Å²) in [5.41, 5.74) is 2.37. The van der Waals surface area contributed by atoms with Crippen molar-refractivity contribution in [1.29, 1.82) is 0 Å². The largest absolute Gasteiger partial charge is 0.493 e. The summed E-state index contributed by atoms with van der Waals surface area (Å²) in [4.78, 5) is 0. The minimum Gasteiger partial charge on any atom is -0.493 e. The summed E-state index contributed by atoms with van der Waals surface area (Å²) in [5, 5.41) is 4.51. The van der Waals surface area contributed by atoms with Crippen LogP contribution in [0, 0.1) is 0 Å². The Hall–Kier alpha value is -0.960. The van der Waals surface area contributed by atoms with Gasteiger partial charge in [-0.25, -0.2) is 0 Å². The molecule has 3 nitrogen and oxygen atoms in total. The van der Waals surface area contributed by atoms with E-state index in [0.29, 0.717) is 0 Å². The van der Waals surface area contributed by atoms with Crippen LogP contribution in [0.3, 0.4) is 0 Å². The number of hydrogen-bond acceptors (Lipinski definition) is 2. The molecule has 1 heterocycles. The summed E-state index contributed by atoms with van der Waals surface area (Å²) in [6.45, 7) is 3.06. The lowest BCUT2D eigenvalue weighted by Crippen LogP contribution is -2.04. The molecule has 0 saturated carbocycles. The average molecular weight is 241 g/mol. The molecule has 1 aromatic rings. The molecular weight excluding hydrogens is 224 g/mol. The minimum absolute atomic E-state index is 0.157. The zero-order chi connectivity index (χ0) is 11.5. The van der Waals surface area contributed by atoms with Crippen LogP contribution in [0.25, 0.3) is 5.57 Å². The Bertz CT molecular complexity index is 398. The summed E-state index contributed by atoms with van der Waals surface area (Å²) in [5.74, 6) is 0.852. The van der Waals surface area contributed by atoms with Crippen LogP contribution in [0.4, 0.5) is 0 Å². The third kappa shape index (κ3) is 2.09. The molecule has 0 spiro atoms. The molecule has 16 heavy (non-hydrogen) atoms. The molecule has 2 rings (SSSR count). The molecule has 0 bridgehead atoms. The molecule has 0 aliphatic heterocycles. The molecular formula is C12H17ClN2O. The fourth-order valence-corrected chi connectivity index (χ4v) is 2.36. The number of rotatable bonds is 4. The number of nitrogens with zero attached hydrogens (tertiary/aromatic N) is 2. The SMILES string of the molecule is CCCn1ncc(OC)c1C1=CC(Cl)CC1. The second kappa shape index (κ2) is 4.91. The zero-order valence-electron chi connectivity index (χ0n) is 9.74. The van der Waals surface area contributed by atoms with Gasteiger partial charge in [-0.2, -0.15) is 5.10 Å². The first kappa shape index (κ1) is 11.5. The third-order valence-electron chi connectivity index (χ3n) is 2.84. The molecule has 1 aliphatic carbocycles. The van der Waals surface area contributed by atoms with Crippen LogP contribution in [-0.4, -0.2) is 22.3 Å². The van der Waals surface area contributed by atoms with Crippen LogP contribution in [0.2, 0.25) is 0 Å². The van der Waals surface area contributed by atoms with Crippen LogP contribution in [0.1, 0.15) is 31.9 Å². The Labute approximate surface area is 101 Å². The molecule has 0 amide bonds. The molecule has 0 fully saturated rings. The molecule has 0 saturated heterocycles. The number of aryl methyl sites for hydroxylation is 1. The van der Waals surface area contributed by atoms with Crippen molar-refractivity contribution in [2.45, 2.75) is 38.1 Å². The average Bonchev–Trinajstić information content (AvgIpc) is 2.85. The maximum absolute atomic E-state index is 6.10. The first-order chi connectivity index (χ1) is 7.76. The highest BCUT2D eigenvalue weighted by Crippen LogP contribution is 2.35. The van der Waals surface area contributed by atoms with E-state index in [4.69, 9.17) is 16.3 Å². The number of hydrogen-bond donors (Lipinski definition) is 0. The van der Waals surface area contributed by atoms with E-state index in [2.05, 4.69) is 18.1 Å². The van der Waals surface area contributed by atoms with E-state index in [1.165, 1.54) is 5.57 Å². The number of allylic oxidation sites excluding steroid dienone is 2. The van der Waals surface area contributed by atoms with E-state index in [9.17, 15) is 0 Å². The number of methoxy groups -OCH3 is 1. The summed E-state index contributed by atoms with van der Waals surface area (Å²) >= 11 is 6.10. The van der Waals surface area contributed by atoms with Gasteiger partial charge < -0.3 is 4.74 Å². The van der Waals surface area contributed by atoms with Gasteiger partial charge in [0.15, 0.2) is 5.75 Å². The summed E-state index contributed by atoms with van der Waals surface area (Å²) in [7, 11) is 1.69. The third-order valence-corrected chi connectivity index (χ3v) is 3.18. The summed E-state index contributed by atoms with van der Waals surface area (Å²) in [6.07, 6.45) is 6.99. The summed E-state index contributed by atoms with van der Waals surface area (Å²) in [6, 6.07) is 0. The highest BCUT2D eigenvalue weighted by atomic mass is 35.5. The molecule has 0 aromatic carbocycles. The maximum Gasteiger partial charge on any atom is 0.164 e. The van der Waals surface area contributed by atoms with Gasteiger partial charge in [-0.1, -0.05) is 13.0 Å². The number of aromatic nitrogens is 2. The van der Waals surface area contributed by atoms with Gasteiger partial charge >= 0.3 is 0 Å². The van der Waals surface area contributed by atoms with Crippen molar-refractivity contribution in [1.82, 2.24) is 9.78 Å². The van der Waals surface area contributed by atoms with Gasteiger partial charge in [0, 0.05) is 6.54 Å². The Kier molecular flexibility index (Phi) is 3.54. The van der Waals surface area contributed by atoms with Crippen LogP contribution < -0.4 is 4.74 Å². The maximum atomic E-state index is 6.10. The van der Waals surface area contributed by atoms with E-state index < -0.39 is 0 Å². The van der Waals surface area contributed by atoms with E-state index >= 15 is 0 Å². The summed E-state index contributed by atoms with van der Waals surface area (Å²) < 4.78 is 7.37. The van der Waals surface area contributed by atoms with Crippen LogP contribution in [0.15, 0.2) is 12.3 Å². The molecule has 1 unspecified atom stereocenters. The molecule has 0 N–H and O–H groups in total. The van der Waals surface area contributed by atoms with Crippen LogP contribution in [-0.2, 0) is 6.54 Å². The predicted molar refractivity (Wildman–Crippen MR) is 65.9 cm³/mol. The van der Waals surface area contributed by atoms with Gasteiger partial charge in [-0.05, 0) is 24.8 Å². The molecule has 1 aliphatic rings. The van der Waals surface area contributed by atoms with Gasteiger partial charge in [0.1, 0.15) is 5.69 Å². The van der Waals surface area contributed by atoms with Crippen molar-refractivity contribution >= 4 is 17.2 Å². The lowest BCUT2D eigenvalue weighted by Gasteiger charge is -2.08. The van der Waals surface area contributed by atoms with Crippen molar-refractivity contribution < 1.29 is 4.74 Å². The normalized spacial score (nSPS) is 19.9. The monoisotopic (exact) mass is 240 g/mol. The van der Waals surface area contributed by atoms with E-state index in [1.54, 1.807) is 13.3 Å². The van der Waals surface area contributed by atoms with Gasteiger partial charge in [0.2, 0.25) is 0 Å². The number of ether oxygens (including phenoxy) is 1. The van der Waals surface area contributed by atoms with Crippen molar-refractivity contribution in [3.63, 3.8) is 0 Å². The molecule has 1 aromatic heterocycles. The van der Waals surface area contributed by atoms with Crippen molar-refractivity contribution in [2.24, 2.45) is 0 Å². The molecule has 0 radical (unpaired) electrons. The highest BCUT2D eigenvalue weighted by Gasteiger charge is 2.21. The smallest absolute Gasteiger partial charge is 0.164 e. The first-order valence-corrected chi connectivity index (χ1v) is 6.14. The topological polar surface area (TPSA) is 27.1 Å². The minimum atomic E-state index is 0.157. The Morgan fingerprint density at radius 1 is 1.62 bits per heavy atom. The Morgan fingerprint density at radius 2 is 2.44 bits per heavy atom. The fourth-order valence-electron chi connectivity index (χ4n) is 2.10. The zero-order valence-corrected chi connectivity index (χ0v) is 10.5. The van der Waals surface area contributed by atoms with Crippen molar-refractivity contribution in [2.75, 3.05) is 7.11 Å². The highest BCUT2D eigenvalue weighted by molar-refractivity contribution is 6.22.